The molecule has 2 fully saturated rings. The summed E-state index contributed by atoms with van der Waals surface area (Å²) < 4.78 is 0. The predicted octanol–water partition coefficient (Wildman–Crippen LogP) is 2.59. The molecule has 0 aromatic carbocycles. The molecule has 0 aromatic heterocycles. The lowest BCUT2D eigenvalue weighted by Crippen LogP contribution is -2.37. The van der Waals surface area contributed by atoms with Crippen LogP contribution in [0.4, 0.5) is 0 Å². The molecular formula is C15H28N2. The van der Waals surface area contributed by atoms with Crippen molar-refractivity contribution >= 4 is 0 Å². The molecule has 0 spiro atoms. The number of hydrogen-bond donors (Lipinski definition) is 2. The van der Waals surface area contributed by atoms with Crippen LogP contribution in [0.5, 0.6) is 0 Å². The van der Waals surface area contributed by atoms with Gasteiger partial charge in [0.2, 0.25) is 0 Å². The highest BCUT2D eigenvalue weighted by Gasteiger charge is 2.30. The SMILES string of the molecule is CC1CC([C]C2CCC(N)C(C)C2)CCC1N. The minimum atomic E-state index is 0.423. The average Bonchev–Trinajstić information content (AvgIpc) is 2.29. The van der Waals surface area contributed by atoms with E-state index in [1.165, 1.54) is 38.5 Å². The second-order valence-electron chi connectivity index (χ2n) is 6.47. The molecule has 4 N–H and O–H groups in total. The molecule has 98 valence electrons. The molecule has 2 heteroatoms. The van der Waals surface area contributed by atoms with Crippen LogP contribution in [0.3, 0.4) is 0 Å². The molecule has 2 saturated carbocycles. The smallest absolute Gasteiger partial charge is 0.00647 e. The summed E-state index contributed by atoms with van der Waals surface area (Å²) in [5, 5.41) is 0. The molecule has 2 nitrogen and oxygen atoms in total. The molecule has 0 aromatic rings. The predicted molar refractivity (Wildman–Crippen MR) is 72.2 cm³/mol. The van der Waals surface area contributed by atoms with Crippen LogP contribution in [0, 0.1) is 30.1 Å². The average molecular weight is 236 g/mol. The van der Waals surface area contributed by atoms with E-state index in [1.54, 1.807) is 0 Å². The minimum absolute atomic E-state index is 0.423. The molecule has 2 aliphatic rings. The Hall–Kier alpha value is -0.0800. The van der Waals surface area contributed by atoms with Gasteiger partial charge in [-0.05, 0) is 68.6 Å². The van der Waals surface area contributed by atoms with E-state index >= 15 is 0 Å². The molecule has 6 atom stereocenters. The monoisotopic (exact) mass is 236 g/mol. The summed E-state index contributed by atoms with van der Waals surface area (Å²) in [7, 11) is 0. The van der Waals surface area contributed by atoms with Crippen LogP contribution in [0.15, 0.2) is 0 Å². The quantitative estimate of drug-likeness (QED) is 0.774. The van der Waals surface area contributed by atoms with Crippen molar-refractivity contribution in [3.05, 3.63) is 6.42 Å². The largest absolute Gasteiger partial charge is 0.327 e. The third-order valence-corrected chi connectivity index (χ3v) is 4.94. The van der Waals surface area contributed by atoms with E-state index in [1.807, 2.05) is 0 Å². The summed E-state index contributed by atoms with van der Waals surface area (Å²) in [6.45, 7) is 4.58. The summed E-state index contributed by atoms with van der Waals surface area (Å²) in [4.78, 5) is 0. The van der Waals surface area contributed by atoms with Crippen LogP contribution in [-0.4, -0.2) is 12.1 Å². The van der Waals surface area contributed by atoms with Crippen molar-refractivity contribution in [3.8, 4) is 0 Å². The van der Waals surface area contributed by atoms with Crippen LogP contribution in [0.2, 0.25) is 0 Å². The molecule has 6 unspecified atom stereocenters. The van der Waals surface area contributed by atoms with Crippen LogP contribution in [0.1, 0.15) is 52.4 Å². The molecule has 17 heavy (non-hydrogen) atoms. The summed E-state index contributed by atoms with van der Waals surface area (Å²) >= 11 is 0. The first-order valence-corrected chi connectivity index (χ1v) is 7.33. The Bertz CT molecular complexity index is 217. The fraction of sp³-hybridized carbons (Fsp3) is 0.933. The van der Waals surface area contributed by atoms with Gasteiger partial charge in [0.05, 0.1) is 0 Å². The molecule has 0 bridgehead atoms. The first-order valence-electron chi connectivity index (χ1n) is 7.33. The van der Waals surface area contributed by atoms with E-state index in [9.17, 15) is 0 Å². The van der Waals surface area contributed by atoms with Gasteiger partial charge in [-0.15, -0.1) is 0 Å². The first kappa shape index (κ1) is 13.4. The van der Waals surface area contributed by atoms with E-state index in [0.29, 0.717) is 35.8 Å². The van der Waals surface area contributed by atoms with Crippen molar-refractivity contribution in [1.29, 1.82) is 0 Å². The zero-order valence-electron chi connectivity index (χ0n) is 11.4. The Labute approximate surface area is 107 Å². The van der Waals surface area contributed by atoms with Gasteiger partial charge in [-0.1, -0.05) is 13.8 Å². The van der Waals surface area contributed by atoms with Gasteiger partial charge in [0.1, 0.15) is 0 Å². The fourth-order valence-corrected chi connectivity index (χ4v) is 3.48. The van der Waals surface area contributed by atoms with E-state index < -0.39 is 0 Å². The summed E-state index contributed by atoms with van der Waals surface area (Å²) in [5.74, 6) is 2.72. The van der Waals surface area contributed by atoms with Crippen molar-refractivity contribution in [2.45, 2.75) is 64.5 Å². The number of hydrogen-bond acceptors (Lipinski definition) is 2. The summed E-state index contributed by atoms with van der Waals surface area (Å²) in [6.07, 6.45) is 11.2. The Morgan fingerprint density at radius 1 is 0.765 bits per heavy atom. The minimum Gasteiger partial charge on any atom is -0.327 e. The molecule has 0 amide bonds. The standard InChI is InChI=1S/C15H28N2/c1-10-7-12(3-5-14(10)16)9-13-4-6-15(17)11(2)8-13/h10-15H,3-8,16-17H2,1-2H3. The Morgan fingerprint density at radius 2 is 1.18 bits per heavy atom. The normalized spacial score (nSPS) is 48.0. The van der Waals surface area contributed by atoms with Gasteiger partial charge < -0.3 is 11.5 Å². The van der Waals surface area contributed by atoms with Gasteiger partial charge in [-0.2, -0.15) is 0 Å². The lowest BCUT2D eigenvalue weighted by Gasteiger charge is -2.37. The third-order valence-electron chi connectivity index (χ3n) is 4.94. The van der Waals surface area contributed by atoms with Crippen molar-refractivity contribution in [2.24, 2.45) is 35.1 Å². The molecule has 0 heterocycles. The Balaban J connectivity index is 1.78. The van der Waals surface area contributed by atoms with Crippen molar-refractivity contribution in [1.82, 2.24) is 0 Å². The lowest BCUT2D eigenvalue weighted by molar-refractivity contribution is 0.219. The van der Waals surface area contributed by atoms with E-state index in [4.69, 9.17) is 11.5 Å². The van der Waals surface area contributed by atoms with Crippen molar-refractivity contribution in [3.63, 3.8) is 0 Å². The zero-order chi connectivity index (χ0) is 12.4. The number of rotatable bonds is 2. The number of nitrogens with two attached hydrogens (primary N) is 2. The van der Waals surface area contributed by atoms with Gasteiger partial charge in [-0.25, -0.2) is 0 Å². The zero-order valence-corrected chi connectivity index (χ0v) is 11.4. The van der Waals surface area contributed by atoms with E-state index in [2.05, 4.69) is 20.3 Å². The van der Waals surface area contributed by atoms with E-state index in [0.717, 1.165) is 0 Å². The Morgan fingerprint density at radius 3 is 1.53 bits per heavy atom. The highest BCUT2D eigenvalue weighted by molar-refractivity contribution is 4.93. The van der Waals surface area contributed by atoms with Gasteiger partial charge in [0, 0.05) is 12.1 Å². The van der Waals surface area contributed by atoms with Crippen LogP contribution >= 0.6 is 0 Å². The molecule has 2 radical (unpaired) electrons. The van der Waals surface area contributed by atoms with Gasteiger partial charge >= 0.3 is 0 Å². The second kappa shape index (κ2) is 5.71. The maximum Gasteiger partial charge on any atom is 0.00647 e. The molecular weight excluding hydrogens is 208 g/mol. The maximum absolute atomic E-state index is 6.07. The van der Waals surface area contributed by atoms with Crippen LogP contribution < -0.4 is 11.5 Å². The lowest BCUT2D eigenvalue weighted by atomic mass is 9.71. The molecule has 0 aliphatic heterocycles. The Kier molecular flexibility index (Phi) is 4.48. The molecule has 2 aliphatic carbocycles. The second-order valence-corrected chi connectivity index (χ2v) is 6.47. The topological polar surface area (TPSA) is 52.0 Å². The van der Waals surface area contributed by atoms with E-state index in [-0.39, 0.29) is 0 Å². The van der Waals surface area contributed by atoms with Crippen LogP contribution in [-0.2, 0) is 0 Å². The highest BCUT2D eigenvalue weighted by Crippen LogP contribution is 2.37. The summed E-state index contributed by atoms with van der Waals surface area (Å²) in [5.41, 5.74) is 12.1. The van der Waals surface area contributed by atoms with Crippen LogP contribution in [0.25, 0.3) is 0 Å². The fourth-order valence-electron chi connectivity index (χ4n) is 3.48. The van der Waals surface area contributed by atoms with Gasteiger partial charge in [-0.3, -0.25) is 0 Å². The van der Waals surface area contributed by atoms with Crippen molar-refractivity contribution in [2.75, 3.05) is 0 Å². The molecule has 0 saturated heterocycles. The maximum atomic E-state index is 6.07. The molecule has 2 rings (SSSR count). The highest BCUT2D eigenvalue weighted by atomic mass is 14.7. The van der Waals surface area contributed by atoms with Crippen molar-refractivity contribution < 1.29 is 0 Å². The summed E-state index contributed by atoms with van der Waals surface area (Å²) in [6, 6.07) is 0.846. The van der Waals surface area contributed by atoms with Gasteiger partial charge in [0.15, 0.2) is 0 Å². The van der Waals surface area contributed by atoms with Gasteiger partial charge in [0.25, 0.3) is 0 Å². The third kappa shape index (κ3) is 3.45. The first-order chi connectivity index (χ1) is 8.06.